The summed E-state index contributed by atoms with van der Waals surface area (Å²) in [6.45, 7) is 3.81. The minimum atomic E-state index is -0.384. The largest absolute Gasteiger partial charge is 0.481 e. The van der Waals surface area contributed by atoms with Crippen molar-refractivity contribution in [3.8, 4) is 5.95 Å². The van der Waals surface area contributed by atoms with E-state index in [1.54, 1.807) is 0 Å². The van der Waals surface area contributed by atoms with Crippen LogP contribution in [0.4, 0.5) is 0 Å². The molecule has 21 heavy (non-hydrogen) atoms. The third-order valence-corrected chi connectivity index (χ3v) is 3.23. The average molecular weight is 292 g/mol. The summed E-state index contributed by atoms with van der Waals surface area (Å²) in [6.07, 6.45) is 3.93. The number of aromatic hydroxyl groups is 1. The van der Waals surface area contributed by atoms with E-state index in [-0.39, 0.29) is 35.6 Å². The summed E-state index contributed by atoms with van der Waals surface area (Å²) in [6, 6.07) is 2.70. The molecule has 1 aliphatic carbocycles. The van der Waals surface area contributed by atoms with E-state index in [2.05, 4.69) is 10.6 Å². The van der Waals surface area contributed by atoms with Crippen molar-refractivity contribution >= 4 is 11.8 Å². The quantitative estimate of drug-likeness (QED) is 0.788. The maximum atomic E-state index is 12.0. The average Bonchev–Trinajstić information content (AvgIpc) is 2.85. The number of nitrogens with one attached hydrogen (secondary N) is 2. The van der Waals surface area contributed by atoms with E-state index < -0.39 is 0 Å². The van der Waals surface area contributed by atoms with Crippen LogP contribution in [0.1, 0.15) is 43.7 Å². The molecule has 1 aliphatic rings. The highest BCUT2D eigenvalue weighted by Crippen LogP contribution is 2.20. The molecule has 0 fully saturated rings. The molecule has 6 heteroatoms. The number of allylic oxidation sites excluding steroid dienone is 1. The predicted molar refractivity (Wildman–Crippen MR) is 76.8 cm³/mol. The molecule has 0 aromatic carbocycles. The lowest BCUT2D eigenvalue weighted by Crippen LogP contribution is -2.39. The Hall–Kier alpha value is -2.24. The van der Waals surface area contributed by atoms with Gasteiger partial charge in [-0.1, -0.05) is 6.08 Å². The van der Waals surface area contributed by atoms with Crippen LogP contribution < -0.4 is 10.6 Å². The Bertz CT molecular complexity index is 560. The van der Waals surface area contributed by atoms with E-state index in [9.17, 15) is 9.59 Å². The number of rotatable bonds is 4. The van der Waals surface area contributed by atoms with Gasteiger partial charge in [0, 0.05) is 23.7 Å². The minimum absolute atomic E-state index is 0.0650. The summed E-state index contributed by atoms with van der Waals surface area (Å²) >= 11 is 0. The Kier molecular flexibility index (Phi) is 4.67. The van der Waals surface area contributed by atoms with Crippen LogP contribution in [0.25, 0.3) is 0 Å². The summed E-state index contributed by atoms with van der Waals surface area (Å²) in [4.78, 5) is 23.9. The first-order chi connectivity index (χ1) is 9.95. The Morgan fingerprint density at radius 2 is 2.10 bits per heavy atom. The van der Waals surface area contributed by atoms with Crippen LogP contribution >= 0.6 is 0 Å². The van der Waals surface area contributed by atoms with Gasteiger partial charge in [-0.05, 0) is 39.2 Å². The topological polar surface area (TPSA) is 91.6 Å². The lowest BCUT2D eigenvalue weighted by atomic mass is 9.94. The third kappa shape index (κ3) is 4.11. The fourth-order valence-electron chi connectivity index (χ4n) is 2.28. The van der Waals surface area contributed by atoms with Crippen molar-refractivity contribution in [3.63, 3.8) is 0 Å². The molecule has 1 aromatic rings. The number of amides is 2. The van der Waals surface area contributed by atoms with Gasteiger partial charge < -0.3 is 20.2 Å². The highest BCUT2D eigenvalue weighted by atomic mass is 16.5. The zero-order valence-electron chi connectivity index (χ0n) is 12.2. The minimum Gasteiger partial charge on any atom is -0.481 e. The molecule has 2 rings (SSSR count). The molecule has 6 nitrogen and oxygen atoms in total. The number of carbonyl (C=O) groups excluding carboxylic acids is 2. The molecule has 0 saturated carbocycles. The van der Waals surface area contributed by atoms with Crippen LogP contribution in [-0.4, -0.2) is 29.0 Å². The molecule has 0 radical (unpaired) electrons. The van der Waals surface area contributed by atoms with Gasteiger partial charge in [0.2, 0.25) is 5.91 Å². The van der Waals surface area contributed by atoms with Crippen molar-refractivity contribution in [1.29, 1.82) is 0 Å². The van der Waals surface area contributed by atoms with E-state index in [4.69, 9.17) is 9.52 Å². The molecule has 0 spiro atoms. The van der Waals surface area contributed by atoms with E-state index in [1.807, 2.05) is 19.9 Å². The first kappa shape index (κ1) is 15.2. The molecule has 0 saturated heterocycles. The third-order valence-electron chi connectivity index (χ3n) is 3.23. The number of furan rings is 1. The number of hydrogen-bond donors (Lipinski definition) is 3. The maximum Gasteiger partial charge on any atom is 0.287 e. The summed E-state index contributed by atoms with van der Waals surface area (Å²) in [5.41, 5.74) is 0.697. The molecule has 1 aromatic heterocycles. The zero-order chi connectivity index (χ0) is 15.4. The van der Waals surface area contributed by atoms with Crippen molar-refractivity contribution in [3.05, 3.63) is 29.5 Å². The highest BCUT2D eigenvalue weighted by molar-refractivity contribution is 5.94. The van der Waals surface area contributed by atoms with Gasteiger partial charge in [0.15, 0.2) is 5.76 Å². The molecule has 1 atom stereocenters. The Balaban J connectivity index is 1.93. The van der Waals surface area contributed by atoms with Crippen LogP contribution in [0.2, 0.25) is 0 Å². The molecule has 0 bridgehead atoms. The van der Waals surface area contributed by atoms with Gasteiger partial charge in [-0.2, -0.15) is 0 Å². The zero-order valence-corrected chi connectivity index (χ0v) is 12.2. The van der Waals surface area contributed by atoms with Gasteiger partial charge in [0.05, 0.1) is 0 Å². The van der Waals surface area contributed by atoms with E-state index in [0.29, 0.717) is 12.0 Å². The Morgan fingerprint density at radius 3 is 2.71 bits per heavy atom. The van der Waals surface area contributed by atoms with Crippen LogP contribution in [0.15, 0.2) is 28.2 Å². The maximum absolute atomic E-state index is 12.0. The normalized spacial score (nSPS) is 18.2. The molecule has 1 unspecified atom stereocenters. The second-order valence-electron chi connectivity index (χ2n) is 5.45. The van der Waals surface area contributed by atoms with Gasteiger partial charge in [-0.15, -0.1) is 0 Å². The van der Waals surface area contributed by atoms with Crippen molar-refractivity contribution in [2.45, 2.75) is 45.2 Å². The smallest absolute Gasteiger partial charge is 0.287 e. The lowest BCUT2D eigenvalue weighted by molar-refractivity contribution is -0.118. The van der Waals surface area contributed by atoms with Crippen molar-refractivity contribution in [2.75, 3.05) is 0 Å². The number of carbonyl (C=O) groups is 2. The number of hydrogen-bond acceptors (Lipinski definition) is 4. The molecular formula is C15H20N2O4. The monoisotopic (exact) mass is 292 g/mol. The lowest BCUT2D eigenvalue weighted by Gasteiger charge is -2.23. The van der Waals surface area contributed by atoms with Gasteiger partial charge >= 0.3 is 0 Å². The molecular weight excluding hydrogens is 272 g/mol. The van der Waals surface area contributed by atoms with Gasteiger partial charge in [0.1, 0.15) is 0 Å². The first-order valence-electron chi connectivity index (χ1n) is 7.05. The van der Waals surface area contributed by atoms with Crippen LogP contribution in [0.3, 0.4) is 0 Å². The van der Waals surface area contributed by atoms with Crippen LogP contribution in [0.5, 0.6) is 5.95 Å². The van der Waals surface area contributed by atoms with E-state index in [0.717, 1.165) is 12.8 Å². The van der Waals surface area contributed by atoms with Gasteiger partial charge in [0.25, 0.3) is 11.9 Å². The van der Waals surface area contributed by atoms with Crippen LogP contribution in [0, 0.1) is 0 Å². The second kappa shape index (κ2) is 6.47. The fourth-order valence-corrected chi connectivity index (χ4v) is 2.28. The summed E-state index contributed by atoms with van der Waals surface area (Å²) in [7, 11) is 0. The SMILES string of the molecule is CC(C)NC(=O)C1=CCCC(NC(=O)c2ccc(O)o2)C1. The van der Waals surface area contributed by atoms with E-state index >= 15 is 0 Å². The van der Waals surface area contributed by atoms with Gasteiger partial charge in [-0.25, -0.2) is 0 Å². The van der Waals surface area contributed by atoms with Crippen molar-refractivity contribution in [1.82, 2.24) is 10.6 Å². The Morgan fingerprint density at radius 1 is 1.33 bits per heavy atom. The van der Waals surface area contributed by atoms with Crippen molar-refractivity contribution in [2.24, 2.45) is 0 Å². The first-order valence-corrected chi connectivity index (χ1v) is 7.05. The summed E-state index contributed by atoms with van der Waals surface area (Å²) in [5.74, 6) is -0.693. The fraction of sp³-hybridized carbons (Fsp3) is 0.467. The summed E-state index contributed by atoms with van der Waals surface area (Å²) < 4.78 is 4.86. The Labute approximate surface area is 123 Å². The summed E-state index contributed by atoms with van der Waals surface area (Å²) in [5, 5.41) is 14.8. The van der Waals surface area contributed by atoms with Crippen molar-refractivity contribution < 1.29 is 19.1 Å². The molecule has 114 valence electrons. The van der Waals surface area contributed by atoms with Gasteiger partial charge in [-0.3, -0.25) is 9.59 Å². The molecule has 2 amide bonds. The molecule has 1 heterocycles. The van der Waals surface area contributed by atoms with Crippen LogP contribution in [-0.2, 0) is 4.79 Å². The molecule has 3 N–H and O–H groups in total. The second-order valence-corrected chi connectivity index (χ2v) is 5.45. The van der Waals surface area contributed by atoms with E-state index in [1.165, 1.54) is 12.1 Å². The predicted octanol–water partition coefficient (Wildman–Crippen LogP) is 1.72. The standard InChI is InChI=1S/C15H20N2O4/c1-9(2)16-14(19)10-4-3-5-11(8-10)17-15(20)12-6-7-13(18)21-12/h4,6-7,9,11,18H,3,5,8H2,1-2H3,(H,16,19)(H,17,20). The highest BCUT2D eigenvalue weighted by Gasteiger charge is 2.23. The molecule has 0 aliphatic heterocycles.